The van der Waals surface area contributed by atoms with Gasteiger partial charge in [0, 0.05) is 41.3 Å². The molecule has 0 spiro atoms. The molecule has 1 heterocycles. The second-order valence-electron chi connectivity index (χ2n) is 9.70. The zero-order chi connectivity index (χ0) is 19.6. The number of benzene rings is 1. The zero-order valence-corrected chi connectivity index (χ0v) is 16.4. The number of phenolic OH excluding ortho intramolecular Hbond substituents is 1. The van der Waals surface area contributed by atoms with Gasteiger partial charge in [-0.05, 0) is 23.3 Å². The highest BCUT2D eigenvalue weighted by atomic mass is 16.3. The summed E-state index contributed by atoms with van der Waals surface area (Å²) in [5.41, 5.74) is 2.82. The summed E-state index contributed by atoms with van der Waals surface area (Å²) in [7, 11) is 0. The highest BCUT2D eigenvalue weighted by Crippen LogP contribution is 2.52. The third kappa shape index (κ3) is 3.01. The summed E-state index contributed by atoms with van der Waals surface area (Å²) in [6.07, 6.45) is 3.80. The van der Waals surface area contributed by atoms with Crippen LogP contribution in [0.2, 0.25) is 0 Å². The highest BCUT2D eigenvalue weighted by Gasteiger charge is 2.49. The Morgan fingerprint density at radius 3 is 2.41 bits per heavy atom. The maximum absolute atomic E-state index is 13.2. The van der Waals surface area contributed by atoms with Crippen LogP contribution in [0.25, 0.3) is 0 Å². The number of hydrogen-bond acceptors (Lipinski definition) is 4. The summed E-state index contributed by atoms with van der Waals surface area (Å²) in [6.45, 7) is 8.32. The molecular formula is C23H27NO3. The van der Waals surface area contributed by atoms with Crippen molar-refractivity contribution in [2.45, 2.75) is 52.9 Å². The number of nitrogens with one attached hydrogen (secondary N) is 1. The van der Waals surface area contributed by atoms with Gasteiger partial charge in [0.2, 0.25) is 0 Å². The van der Waals surface area contributed by atoms with Crippen LogP contribution in [0.4, 0.5) is 0 Å². The lowest BCUT2D eigenvalue weighted by Gasteiger charge is -2.45. The van der Waals surface area contributed by atoms with Crippen molar-refractivity contribution in [3.8, 4) is 5.75 Å². The van der Waals surface area contributed by atoms with Gasteiger partial charge >= 0.3 is 0 Å². The van der Waals surface area contributed by atoms with E-state index in [1.807, 2.05) is 12.1 Å². The van der Waals surface area contributed by atoms with E-state index in [2.05, 4.69) is 39.1 Å². The molecule has 0 aromatic heterocycles. The number of aromatic hydroxyl groups is 1. The Morgan fingerprint density at radius 1 is 1.00 bits per heavy atom. The quantitative estimate of drug-likeness (QED) is 0.782. The number of rotatable bonds is 1. The molecule has 4 nitrogen and oxygen atoms in total. The minimum atomic E-state index is -0.435. The Bertz CT molecular complexity index is 904. The predicted molar refractivity (Wildman–Crippen MR) is 104 cm³/mol. The first-order valence-electron chi connectivity index (χ1n) is 9.65. The molecule has 2 atom stereocenters. The Labute approximate surface area is 160 Å². The molecule has 2 unspecified atom stereocenters. The van der Waals surface area contributed by atoms with Crippen LogP contribution in [0.15, 0.2) is 47.3 Å². The number of fused-ring (bicyclic) bond motifs is 1. The molecule has 2 N–H and O–H groups in total. The van der Waals surface area contributed by atoms with E-state index in [-0.39, 0.29) is 28.1 Å². The van der Waals surface area contributed by atoms with Gasteiger partial charge in [0.15, 0.2) is 5.78 Å². The Balaban J connectivity index is 1.95. The fraction of sp³-hybridized carbons (Fsp3) is 0.478. The van der Waals surface area contributed by atoms with Crippen LogP contribution < -0.4 is 5.32 Å². The summed E-state index contributed by atoms with van der Waals surface area (Å²) < 4.78 is 0. The van der Waals surface area contributed by atoms with E-state index in [1.165, 1.54) is 0 Å². The van der Waals surface area contributed by atoms with Crippen molar-refractivity contribution in [3.63, 3.8) is 0 Å². The summed E-state index contributed by atoms with van der Waals surface area (Å²) in [5, 5.41) is 14.0. The Morgan fingerprint density at radius 2 is 1.70 bits per heavy atom. The summed E-state index contributed by atoms with van der Waals surface area (Å²) in [4.78, 5) is 26.3. The topological polar surface area (TPSA) is 66.4 Å². The lowest BCUT2D eigenvalue weighted by molar-refractivity contribution is -0.125. The molecule has 0 radical (unpaired) electrons. The van der Waals surface area contributed by atoms with E-state index in [0.717, 1.165) is 17.8 Å². The number of Topliss-reactive ketones (excluding diaryl/α,β-unsaturated/α-hetero) is 2. The SMILES string of the molecule is CC1(C)C=C2NC3=C(C(=O)CC(C)(C)C3)C(c3ccccc3O)C2C(=O)C1. The predicted octanol–water partition coefficient (Wildman–Crippen LogP) is 4.22. The van der Waals surface area contributed by atoms with Gasteiger partial charge in [0.25, 0.3) is 0 Å². The minimum Gasteiger partial charge on any atom is -0.508 e. The molecule has 4 heteroatoms. The van der Waals surface area contributed by atoms with Gasteiger partial charge in [0.1, 0.15) is 11.5 Å². The average molecular weight is 365 g/mol. The van der Waals surface area contributed by atoms with Crippen LogP contribution in [0.3, 0.4) is 0 Å². The second-order valence-corrected chi connectivity index (χ2v) is 9.70. The van der Waals surface area contributed by atoms with E-state index in [4.69, 9.17) is 0 Å². The molecule has 0 bridgehead atoms. The largest absolute Gasteiger partial charge is 0.508 e. The van der Waals surface area contributed by atoms with Gasteiger partial charge in [-0.25, -0.2) is 0 Å². The van der Waals surface area contributed by atoms with Crippen molar-refractivity contribution >= 4 is 11.6 Å². The first-order valence-corrected chi connectivity index (χ1v) is 9.65. The fourth-order valence-corrected chi connectivity index (χ4v) is 5.01. The van der Waals surface area contributed by atoms with Gasteiger partial charge in [-0.1, -0.05) is 52.0 Å². The first kappa shape index (κ1) is 18.0. The van der Waals surface area contributed by atoms with Crippen molar-refractivity contribution in [2.75, 3.05) is 0 Å². The summed E-state index contributed by atoms with van der Waals surface area (Å²) in [6, 6.07) is 7.10. The maximum Gasteiger partial charge on any atom is 0.161 e. The Hall–Kier alpha value is -2.36. The van der Waals surface area contributed by atoms with Crippen LogP contribution in [-0.2, 0) is 9.59 Å². The van der Waals surface area contributed by atoms with E-state index in [0.29, 0.717) is 24.0 Å². The molecule has 1 aromatic rings. The van der Waals surface area contributed by atoms with Gasteiger partial charge in [-0.3, -0.25) is 9.59 Å². The number of hydrogen-bond donors (Lipinski definition) is 2. The molecule has 3 aliphatic rings. The number of carbonyl (C=O) groups is 2. The molecule has 1 aromatic carbocycles. The number of carbonyl (C=O) groups excluding carboxylic acids is 2. The number of ketones is 2. The fourth-order valence-electron chi connectivity index (χ4n) is 5.01. The van der Waals surface area contributed by atoms with Crippen LogP contribution in [0, 0.1) is 16.7 Å². The first-order chi connectivity index (χ1) is 12.6. The molecule has 0 amide bonds. The van der Waals surface area contributed by atoms with Gasteiger partial charge in [-0.2, -0.15) is 0 Å². The van der Waals surface area contributed by atoms with E-state index in [1.54, 1.807) is 12.1 Å². The van der Waals surface area contributed by atoms with Crippen LogP contribution >= 0.6 is 0 Å². The summed E-state index contributed by atoms with van der Waals surface area (Å²) in [5.74, 6) is -0.497. The molecule has 0 saturated carbocycles. The monoisotopic (exact) mass is 365 g/mol. The van der Waals surface area contributed by atoms with Crippen LogP contribution in [0.1, 0.15) is 58.4 Å². The number of phenols is 1. The van der Waals surface area contributed by atoms with Gasteiger partial charge in [0.05, 0.1) is 5.92 Å². The van der Waals surface area contributed by atoms with E-state index >= 15 is 0 Å². The standard InChI is InChI=1S/C23H27NO3/c1-22(2)9-14-20(17(26)11-22)19(13-7-5-6-8-16(13)25)21-15(24-14)10-23(3,4)12-18(21)27/h5-9,19-20,24-25H,10-12H2,1-4H3. The van der Waals surface area contributed by atoms with Crippen molar-refractivity contribution < 1.29 is 14.7 Å². The zero-order valence-electron chi connectivity index (χ0n) is 16.4. The molecule has 142 valence electrons. The third-order valence-corrected chi connectivity index (χ3v) is 5.99. The van der Waals surface area contributed by atoms with Crippen molar-refractivity contribution in [2.24, 2.45) is 16.7 Å². The van der Waals surface area contributed by atoms with Gasteiger partial charge < -0.3 is 10.4 Å². The normalized spacial score (nSPS) is 28.8. The summed E-state index contributed by atoms with van der Waals surface area (Å²) >= 11 is 0. The average Bonchev–Trinajstić information content (AvgIpc) is 2.51. The lowest BCUT2D eigenvalue weighted by Crippen LogP contribution is -2.46. The second kappa shape index (κ2) is 5.82. The molecule has 4 rings (SSSR count). The van der Waals surface area contributed by atoms with E-state index < -0.39 is 11.8 Å². The van der Waals surface area contributed by atoms with Crippen LogP contribution in [0.5, 0.6) is 5.75 Å². The highest BCUT2D eigenvalue weighted by molar-refractivity contribution is 6.02. The Kier molecular flexibility index (Phi) is 3.88. The molecule has 1 aliphatic heterocycles. The van der Waals surface area contributed by atoms with Crippen molar-refractivity contribution in [1.82, 2.24) is 5.32 Å². The molecule has 0 saturated heterocycles. The lowest BCUT2D eigenvalue weighted by atomic mass is 9.62. The number of allylic oxidation sites excluding steroid dienone is 4. The van der Waals surface area contributed by atoms with Crippen LogP contribution in [-0.4, -0.2) is 16.7 Å². The molecule has 27 heavy (non-hydrogen) atoms. The van der Waals surface area contributed by atoms with Crippen molar-refractivity contribution in [3.05, 3.63) is 52.9 Å². The van der Waals surface area contributed by atoms with E-state index in [9.17, 15) is 14.7 Å². The molecule has 0 fully saturated rings. The smallest absolute Gasteiger partial charge is 0.161 e. The third-order valence-electron chi connectivity index (χ3n) is 5.99. The maximum atomic E-state index is 13.2. The van der Waals surface area contributed by atoms with Gasteiger partial charge in [-0.15, -0.1) is 0 Å². The molecular weight excluding hydrogens is 338 g/mol. The minimum absolute atomic E-state index is 0.0821. The molecule has 2 aliphatic carbocycles. The van der Waals surface area contributed by atoms with Crippen molar-refractivity contribution in [1.29, 1.82) is 0 Å². The number of para-hydroxylation sites is 1.